The van der Waals surface area contributed by atoms with Gasteiger partial charge in [0.05, 0.1) is 19.1 Å². The van der Waals surface area contributed by atoms with E-state index >= 15 is 0 Å². The Morgan fingerprint density at radius 2 is 1.70 bits per heavy atom. The van der Waals surface area contributed by atoms with Crippen LogP contribution in [0, 0.1) is 0 Å². The monoisotopic (exact) mass is 587 g/mol. The molecule has 1 unspecified atom stereocenters. The lowest BCUT2D eigenvalue weighted by atomic mass is 10.1. The fraction of sp³-hybridized carbons (Fsp3) is 0.500. The maximum atomic E-state index is 13.0. The van der Waals surface area contributed by atoms with Crippen LogP contribution in [0.2, 0.25) is 0 Å². The summed E-state index contributed by atoms with van der Waals surface area (Å²) in [7, 11) is -0.242. The van der Waals surface area contributed by atoms with E-state index in [1.54, 1.807) is 42.0 Å². The number of aromatic nitrogens is 1. The van der Waals surface area contributed by atoms with Gasteiger partial charge in [0.25, 0.3) is 5.91 Å². The summed E-state index contributed by atoms with van der Waals surface area (Å²) in [5.74, 6) is 1.33. The van der Waals surface area contributed by atoms with E-state index in [0.29, 0.717) is 18.7 Å². The van der Waals surface area contributed by atoms with Gasteiger partial charge in [-0.15, -0.1) is 0 Å². The van der Waals surface area contributed by atoms with Gasteiger partial charge in [-0.25, -0.2) is 13.4 Å². The van der Waals surface area contributed by atoms with Gasteiger partial charge in [-0.2, -0.15) is 4.31 Å². The standard InChI is InChI=1S/C28H37N5O5S2/c1-20-6-4-5-14-33(20)40(35,36)22-9-7-21(8-10-22)27(34)29-13-15-31-16-18-32(19-17-31)28-30-25-23(37-2)11-12-24(38-3)26(25)39-28/h7-12,20H,4-6,13-19H2,1-3H3,(H,29,34). The molecule has 0 radical (unpaired) electrons. The topological polar surface area (TPSA) is 104 Å². The van der Waals surface area contributed by atoms with Gasteiger partial charge in [-0.05, 0) is 56.2 Å². The third-order valence-electron chi connectivity index (χ3n) is 7.72. The predicted molar refractivity (Wildman–Crippen MR) is 157 cm³/mol. The van der Waals surface area contributed by atoms with Crippen molar-refractivity contribution in [2.75, 3.05) is 64.9 Å². The molecule has 40 heavy (non-hydrogen) atoms. The first-order valence-corrected chi connectivity index (χ1v) is 16.0. The minimum atomic E-state index is -3.55. The minimum absolute atomic E-state index is 0.00294. The quantitative estimate of drug-likeness (QED) is 0.406. The fourth-order valence-corrected chi connectivity index (χ4v) is 8.17. The molecule has 0 aliphatic carbocycles. The normalized spacial score (nSPS) is 19.1. The molecule has 2 aliphatic heterocycles. The number of methoxy groups -OCH3 is 2. The van der Waals surface area contributed by atoms with Crippen LogP contribution in [0.5, 0.6) is 11.5 Å². The van der Waals surface area contributed by atoms with Crippen LogP contribution in [0.3, 0.4) is 0 Å². The summed E-state index contributed by atoms with van der Waals surface area (Å²) in [5.41, 5.74) is 1.27. The molecule has 3 aromatic rings. The van der Waals surface area contributed by atoms with Gasteiger partial charge in [-0.1, -0.05) is 17.8 Å². The number of ether oxygens (including phenoxy) is 2. The Kier molecular flexibility index (Phi) is 8.79. The van der Waals surface area contributed by atoms with E-state index in [4.69, 9.17) is 14.5 Å². The Bertz CT molecular complexity index is 1390. The molecular weight excluding hydrogens is 550 g/mol. The molecule has 3 heterocycles. The van der Waals surface area contributed by atoms with E-state index in [-0.39, 0.29) is 16.8 Å². The lowest BCUT2D eigenvalue weighted by Crippen LogP contribution is -2.48. The average Bonchev–Trinajstić information content (AvgIpc) is 3.43. The van der Waals surface area contributed by atoms with Crippen LogP contribution in [-0.4, -0.2) is 94.6 Å². The van der Waals surface area contributed by atoms with Crippen molar-refractivity contribution < 1.29 is 22.7 Å². The van der Waals surface area contributed by atoms with Crippen LogP contribution >= 0.6 is 11.3 Å². The Balaban J connectivity index is 1.11. The van der Waals surface area contributed by atoms with Crippen molar-refractivity contribution in [3.8, 4) is 11.5 Å². The zero-order valence-electron chi connectivity index (χ0n) is 23.3. The first-order chi connectivity index (χ1) is 19.3. The number of hydrogen-bond acceptors (Lipinski definition) is 9. The molecule has 0 bridgehead atoms. The van der Waals surface area contributed by atoms with Crippen LogP contribution in [0.25, 0.3) is 10.2 Å². The smallest absolute Gasteiger partial charge is 0.251 e. The largest absolute Gasteiger partial charge is 0.495 e. The molecule has 2 aromatic carbocycles. The van der Waals surface area contributed by atoms with Gasteiger partial charge in [-0.3, -0.25) is 9.69 Å². The summed E-state index contributed by atoms with van der Waals surface area (Å²) in [6.45, 7) is 7.15. The van der Waals surface area contributed by atoms with E-state index < -0.39 is 10.0 Å². The number of anilines is 1. The Morgan fingerprint density at radius 3 is 2.38 bits per heavy atom. The van der Waals surface area contributed by atoms with Crippen molar-refractivity contribution in [1.82, 2.24) is 19.5 Å². The number of sulfonamides is 1. The number of carbonyl (C=O) groups is 1. The fourth-order valence-electron chi connectivity index (χ4n) is 5.34. The summed E-state index contributed by atoms with van der Waals surface area (Å²) < 4.78 is 39.7. The highest BCUT2D eigenvalue weighted by molar-refractivity contribution is 7.89. The second-order valence-electron chi connectivity index (χ2n) is 10.2. The molecule has 0 saturated carbocycles. The van der Waals surface area contributed by atoms with Crippen LogP contribution in [0.15, 0.2) is 41.3 Å². The Labute approximate surface area is 239 Å². The molecule has 0 spiro atoms. The maximum Gasteiger partial charge on any atom is 0.251 e. The van der Waals surface area contributed by atoms with Gasteiger partial charge in [0.2, 0.25) is 10.0 Å². The van der Waals surface area contributed by atoms with Gasteiger partial charge in [0.15, 0.2) is 5.13 Å². The number of thiazole rings is 1. The lowest BCUT2D eigenvalue weighted by molar-refractivity contribution is 0.0947. The predicted octanol–water partition coefficient (Wildman–Crippen LogP) is 3.43. The van der Waals surface area contributed by atoms with E-state index in [1.807, 2.05) is 19.1 Å². The highest BCUT2D eigenvalue weighted by Gasteiger charge is 2.31. The molecule has 1 amide bonds. The van der Waals surface area contributed by atoms with E-state index in [0.717, 1.165) is 78.8 Å². The summed E-state index contributed by atoms with van der Waals surface area (Å²) in [6.07, 6.45) is 2.81. The van der Waals surface area contributed by atoms with Crippen LogP contribution < -0.4 is 19.7 Å². The number of fused-ring (bicyclic) bond motifs is 1. The highest BCUT2D eigenvalue weighted by atomic mass is 32.2. The minimum Gasteiger partial charge on any atom is -0.495 e. The van der Waals surface area contributed by atoms with Crippen molar-refractivity contribution >= 4 is 42.6 Å². The summed E-state index contributed by atoms with van der Waals surface area (Å²) in [4.78, 5) is 22.4. The number of nitrogens with one attached hydrogen (secondary N) is 1. The number of piperazine rings is 1. The third kappa shape index (κ3) is 5.90. The zero-order valence-corrected chi connectivity index (χ0v) is 24.9. The molecule has 2 saturated heterocycles. The number of carbonyl (C=O) groups excluding carboxylic acids is 1. The van der Waals surface area contributed by atoms with Crippen molar-refractivity contribution in [1.29, 1.82) is 0 Å². The molecule has 2 fully saturated rings. The number of rotatable bonds is 9. The molecular formula is C28H37N5O5S2. The SMILES string of the molecule is COc1ccc(OC)c2sc(N3CCN(CCNC(=O)c4ccc(S(=O)(=O)N5CCCCC5C)cc4)CC3)nc12. The number of benzene rings is 2. The lowest BCUT2D eigenvalue weighted by Gasteiger charge is -2.34. The van der Waals surface area contributed by atoms with Crippen LogP contribution in [0.1, 0.15) is 36.5 Å². The molecule has 1 aromatic heterocycles. The third-order valence-corrected chi connectivity index (χ3v) is 10.9. The van der Waals surface area contributed by atoms with Gasteiger partial charge < -0.3 is 19.7 Å². The number of piperidine rings is 1. The van der Waals surface area contributed by atoms with Crippen LogP contribution in [-0.2, 0) is 10.0 Å². The number of hydrogen-bond donors (Lipinski definition) is 1. The van der Waals surface area contributed by atoms with E-state index in [9.17, 15) is 13.2 Å². The summed E-state index contributed by atoms with van der Waals surface area (Å²) >= 11 is 1.61. The second kappa shape index (κ2) is 12.3. The van der Waals surface area contributed by atoms with Crippen molar-refractivity contribution in [3.05, 3.63) is 42.0 Å². The first kappa shape index (κ1) is 28.6. The Morgan fingerprint density at radius 1 is 1.00 bits per heavy atom. The van der Waals surface area contributed by atoms with Crippen LogP contribution in [0.4, 0.5) is 5.13 Å². The number of nitrogens with zero attached hydrogens (tertiary/aromatic N) is 4. The molecule has 1 N–H and O–H groups in total. The van der Waals surface area contributed by atoms with Gasteiger partial charge in [0, 0.05) is 57.4 Å². The summed E-state index contributed by atoms with van der Waals surface area (Å²) in [5, 5.41) is 3.92. The van der Waals surface area contributed by atoms with Gasteiger partial charge in [0.1, 0.15) is 21.7 Å². The van der Waals surface area contributed by atoms with Gasteiger partial charge >= 0.3 is 0 Å². The highest BCUT2D eigenvalue weighted by Crippen LogP contribution is 2.40. The second-order valence-corrected chi connectivity index (χ2v) is 13.1. The molecule has 10 nitrogen and oxygen atoms in total. The maximum absolute atomic E-state index is 13.0. The van der Waals surface area contributed by atoms with Crippen molar-refractivity contribution in [3.63, 3.8) is 0 Å². The summed E-state index contributed by atoms with van der Waals surface area (Å²) in [6, 6.07) is 10.0. The molecule has 12 heteroatoms. The molecule has 1 atom stereocenters. The molecule has 2 aliphatic rings. The van der Waals surface area contributed by atoms with Crippen molar-refractivity contribution in [2.24, 2.45) is 0 Å². The van der Waals surface area contributed by atoms with E-state index in [1.165, 1.54) is 12.1 Å². The zero-order chi connectivity index (χ0) is 28.3. The first-order valence-electron chi connectivity index (χ1n) is 13.7. The average molecular weight is 588 g/mol. The Hall–Kier alpha value is -2.93. The molecule has 216 valence electrons. The molecule has 5 rings (SSSR count). The van der Waals surface area contributed by atoms with Crippen molar-refractivity contribution in [2.45, 2.75) is 37.1 Å². The van der Waals surface area contributed by atoms with E-state index in [2.05, 4.69) is 15.1 Å². The number of amides is 1.